The predicted octanol–water partition coefficient (Wildman–Crippen LogP) is 3.94. The Labute approximate surface area is 162 Å². The standard InChI is InChI=1S/C20H20ClNO5/c1-3-6-14-9-10-17(18(11-14)25-2)26-13-20(24)27-12-19(23)22-16-8-5-4-7-15(16)21/h3-11H,12-13H2,1-2H3,(H,22,23)/b6-3+. The van der Waals surface area contributed by atoms with Crippen molar-refractivity contribution in [3.8, 4) is 11.5 Å². The molecule has 0 aliphatic rings. The van der Waals surface area contributed by atoms with Crippen molar-refractivity contribution in [3.63, 3.8) is 0 Å². The van der Waals surface area contributed by atoms with E-state index < -0.39 is 18.5 Å². The number of benzene rings is 2. The van der Waals surface area contributed by atoms with Gasteiger partial charge in [-0.1, -0.05) is 42.0 Å². The van der Waals surface area contributed by atoms with Gasteiger partial charge in [0.1, 0.15) is 0 Å². The van der Waals surface area contributed by atoms with Gasteiger partial charge in [-0.3, -0.25) is 4.79 Å². The van der Waals surface area contributed by atoms with E-state index in [0.29, 0.717) is 22.2 Å². The van der Waals surface area contributed by atoms with Crippen LogP contribution < -0.4 is 14.8 Å². The zero-order valence-corrected chi connectivity index (χ0v) is 15.8. The number of allylic oxidation sites excluding steroid dienone is 1. The molecule has 0 unspecified atom stereocenters. The third-order valence-corrected chi connectivity index (χ3v) is 3.73. The fourth-order valence-corrected chi connectivity index (χ4v) is 2.36. The molecule has 0 aliphatic heterocycles. The Kier molecular flexibility index (Phi) is 7.70. The number of carbonyl (C=O) groups is 2. The van der Waals surface area contributed by atoms with E-state index in [0.717, 1.165) is 5.56 Å². The van der Waals surface area contributed by atoms with Crippen LogP contribution in [0, 0.1) is 0 Å². The highest BCUT2D eigenvalue weighted by Crippen LogP contribution is 2.28. The van der Waals surface area contributed by atoms with Crippen molar-refractivity contribution in [1.82, 2.24) is 0 Å². The molecular formula is C20H20ClNO5. The molecule has 0 saturated carbocycles. The van der Waals surface area contributed by atoms with Crippen LogP contribution in [-0.4, -0.2) is 32.2 Å². The summed E-state index contributed by atoms with van der Waals surface area (Å²) in [6, 6.07) is 12.1. The summed E-state index contributed by atoms with van der Waals surface area (Å²) in [7, 11) is 1.51. The zero-order valence-electron chi connectivity index (χ0n) is 15.0. The normalized spacial score (nSPS) is 10.5. The molecule has 142 valence electrons. The highest BCUT2D eigenvalue weighted by atomic mass is 35.5. The van der Waals surface area contributed by atoms with Gasteiger partial charge in [-0.25, -0.2) is 4.79 Å². The van der Waals surface area contributed by atoms with Gasteiger partial charge in [-0.15, -0.1) is 0 Å². The second-order valence-electron chi connectivity index (χ2n) is 5.39. The van der Waals surface area contributed by atoms with Gasteiger partial charge in [0.15, 0.2) is 24.7 Å². The number of nitrogens with one attached hydrogen (secondary N) is 1. The number of para-hydroxylation sites is 1. The number of anilines is 1. The fraction of sp³-hybridized carbons (Fsp3) is 0.200. The summed E-state index contributed by atoms with van der Waals surface area (Å²) in [6.07, 6.45) is 3.82. The van der Waals surface area contributed by atoms with Crippen LogP contribution in [0.15, 0.2) is 48.5 Å². The maximum absolute atomic E-state index is 11.8. The van der Waals surface area contributed by atoms with Crippen molar-refractivity contribution in [1.29, 1.82) is 0 Å². The van der Waals surface area contributed by atoms with Gasteiger partial charge in [0, 0.05) is 0 Å². The second kappa shape index (κ2) is 10.2. The van der Waals surface area contributed by atoms with Crippen molar-refractivity contribution in [2.45, 2.75) is 6.92 Å². The molecule has 2 aromatic carbocycles. The second-order valence-corrected chi connectivity index (χ2v) is 5.79. The van der Waals surface area contributed by atoms with E-state index in [1.54, 1.807) is 36.4 Å². The van der Waals surface area contributed by atoms with Gasteiger partial charge in [-0.05, 0) is 36.8 Å². The van der Waals surface area contributed by atoms with Gasteiger partial charge in [0.2, 0.25) is 0 Å². The monoisotopic (exact) mass is 389 g/mol. The van der Waals surface area contributed by atoms with Crippen LogP contribution in [0.2, 0.25) is 5.02 Å². The summed E-state index contributed by atoms with van der Waals surface area (Å²) in [5.41, 5.74) is 1.39. The lowest BCUT2D eigenvalue weighted by Gasteiger charge is -2.11. The lowest BCUT2D eigenvalue weighted by molar-refractivity contribution is -0.149. The van der Waals surface area contributed by atoms with Crippen LogP contribution in [0.3, 0.4) is 0 Å². The smallest absolute Gasteiger partial charge is 0.344 e. The Hall–Kier alpha value is -2.99. The van der Waals surface area contributed by atoms with E-state index >= 15 is 0 Å². The minimum absolute atomic E-state index is 0.349. The Morgan fingerprint density at radius 2 is 1.89 bits per heavy atom. The molecule has 0 fully saturated rings. The summed E-state index contributed by atoms with van der Waals surface area (Å²) in [5, 5.41) is 2.96. The number of rotatable bonds is 8. The number of ether oxygens (including phenoxy) is 3. The largest absolute Gasteiger partial charge is 0.493 e. The van der Waals surface area contributed by atoms with Gasteiger partial charge in [0.05, 0.1) is 17.8 Å². The highest BCUT2D eigenvalue weighted by molar-refractivity contribution is 6.33. The highest BCUT2D eigenvalue weighted by Gasteiger charge is 2.12. The number of amides is 1. The van der Waals surface area contributed by atoms with Crippen molar-refractivity contribution in [3.05, 3.63) is 59.1 Å². The quantitative estimate of drug-likeness (QED) is 0.692. The summed E-state index contributed by atoms with van der Waals surface area (Å²) in [5.74, 6) is -0.272. The first-order valence-electron chi connectivity index (χ1n) is 8.17. The van der Waals surface area contributed by atoms with E-state index in [1.807, 2.05) is 25.1 Å². The molecule has 7 heteroatoms. The summed E-state index contributed by atoms with van der Waals surface area (Å²) in [6.45, 7) is 1.12. The van der Waals surface area contributed by atoms with Gasteiger partial charge < -0.3 is 19.5 Å². The van der Waals surface area contributed by atoms with E-state index in [4.69, 9.17) is 25.8 Å². The average Bonchev–Trinajstić information content (AvgIpc) is 2.67. The number of carbonyl (C=O) groups excluding carboxylic acids is 2. The van der Waals surface area contributed by atoms with E-state index in [2.05, 4.69) is 5.32 Å². The molecule has 27 heavy (non-hydrogen) atoms. The van der Waals surface area contributed by atoms with Crippen LogP contribution in [0.5, 0.6) is 11.5 Å². The van der Waals surface area contributed by atoms with Crippen molar-refractivity contribution >= 4 is 35.2 Å². The molecule has 0 aromatic heterocycles. The molecule has 0 radical (unpaired) electrons. The maximum Gasteiger partial charge on any atom is 0.344 e. The minimum Gasteiger partial charge on any atom is -0.493 e. The third-order valence-electron chi connectivity index (χ3n) is 3.40. The Morgan fingerprint density at radius 1 is 1.11 bits per heavy atom. The first-order valence-corrected chi connectivity index (χ1v) is 8.55. The molecule has 1 amide bonds. The molecule has 2 rings (SSSR count). The predicted molar refractivity (Wildman–Crippen MR) is 104 cm³/mol. The molecule has 1 N–H and O–H groups in total. The molecule has 0 bridgehead atoms. The first kappa shape index (κ1) is 20.3. The lowest BCUT2D eigenvalue weighted by atomic mass is 10.2. The molecule has 0 spiro atoms. The van der Waals surface area contributed by atoms with Gasteiger partial charge in [-0.2, -0.15) is 0 Å². The Balaban J connectivity index is 1.82. The topological polar surface area (TPSA) is 73.9 Å². The van der Waals surface area contributed by atoms with Crippen LogP contribution in [0.1, 0.15) is 12.5 Å². The number of halogens is 1. The van der Waals surface area contributed by atoms with Crippen molar-refractivity contribution in [2.24, 2.45) is 0 Å². The average molecular weight is 390 g/mol. The molecule has 0 saturated heterocycles. The number of hydrogen-bond acceptors (Lipinski definition) is 5. The molecule has 6 nitrogen and oxygen atoms in total. The molecular weight excluding hydrogens is 370 g/mol. The SMILES string of the molecule is C/C=C/c1ccc(OCC(=O)OCC(=O)Nc2ccccc2Cl)c(OC)c1. The van der Waals surface area contributed by atoms with Crippen LogP contribution in [-0.2, 0) is 14.3 Å². The Bertz CT molecular complexity index is 835. The summed E-state index contributed by atoms with van der Waals surface area (Å²) < 4.78 is 15.6. The maximum atomic E-state index is 11.8. The van der Waals surface area contributed by atoms with Crippen LogP contribution in [0.4, 0.5) is 5.69 Å². The van der Waals surface area contributed by atoms with E-state index in [-0.39, 0.29) is 6.61 Å². The lowest BCUT2D eigenvalue weighted by Crippen LogP contribution is -2.23. The fourth-order valence-electron chi connectivity index (χ4n) is 2.17. The number of esters is 1. The van der Waals surface area contributed by atoms with Crippen molar-refractivity contribution < 1.29 is 23.8 Å². The zero-order chi connectivity index (χ0) is 19.6. The molecule has 0 atom stereocenters. The summed E-state index contributed by atoms with van der Waals surface area (Å²) >= 11 is 5.95. The Morgan fingerprint density at radius 3 is 2.59 bits per heavy atom. The van der Waals surface area contributed by atoms with Gasteiger partial charge in [0.25, 0.3) is 5.91 Å². The molecule has 0 heterocycles. The molecule has 0 aliphatic carbocycles. The third kappa shape index (κ3) is 6.34. The minimum atomic E-state index is -0.677. The van der Waals surface area contributed by atoms with E-state index in [9.17, 15) is 9.59 Å². The van der Waals surface area contributed by atoms with Crippen molar-refractivity contribution in [2.75, 3.05) is 25.6 Å². The van der Waals surface area contributed by atoms with E-state index in [1.165, 1.54) is 7.11 Å². The number of methoxy groups -OCH3 is 1. The summed E-state index contributed by atoms with van der Waals surface area (Å²) in [4.78, 5) is 23.6. The number of hydrogen-bond donors (Lipinski definition) is 1. The van der Waals surface area contributed by atoms with Gasteiger partial charge >= 0.3 is 5.97 Å². The van der Waals surface area contributed by atoms with Crippen LogP contribution in [0.25, 0.3) is 6.08 Å². The molecule has 2 aromatic rings. The van der Waals surface area contributed by atoms with Crippen LogP contribution >= 0.6 is 11.6 Å². The first-order chi connectivity index (χ1) is 13.0.